The largest absolute Gasteiger partial charge is 0.451 e. The Morgan fingerprint density at radius 2 is 1.86 bits per heavy atom. The van der Waals surface area contributed by atoms with Crippen LogP contribution < -0.4 is 5.73 Å². The summed E-state index contributed by atoms with van der Waals surface area (Å²) in [5.74, 6) is -0.282. The number of primary amides is 1. The number of halogens is 2. The van der Waals surface area contributed by atoms with Crippen molar-refractivity contribution in [2.75, 3.05) is 0 Å². The Labute approximate surface area is 173 Å². The molecule has 0 spiro atoms. The zero-order valence-electron chi connectivity index (χ0n) is 14.7. The van der Waals surface area contributed by atoms with Crippen molar-refractivity contribution < 1.29 is 14.0 Å². The van der Waals surface area contributed by atoms with E-state index < -0.39 is 5.91 Å². The minimum atomic E-state index is -0.578. The number of hydrogen-bond donors (Lipinski definition) is 1. The molecule has 2 aromatic heterocycles. The monoisotopic (exact) mass is 456 g/mol. The number of fused-ring (bicyclic) bond motifs is 1. The van der Waals surface area contributed by atoms with Crippen LogP contribution in [0.4, 0.5) is 0 Å². The number of aromatic nitrogens is 1. The fourth-order valence-electron chi connectivity index (χ4n) is 3.34. The van der Waals surface area contributed by atoms with Crippen LogP contribution in [0.15, 0.2) is 63.5 Å². The van der Waals surface area contributed by atoms with Crippen molar-refractivity contribution in [1.82, 2.24) is 4.57 Å². The molecule has 0 unspecified atom stereocenters. The van der Waals surface area contributed by atoms with Crippen LogP contribution in [0.25, 0.3) is 22.2 Å². The van der Waals surface area contributed by atoms with Gasteiger partial charge in [-0.05, 0) is 59.3 Å². The number of hydrogen-bond acceptors (Lipinski definition) is 3. The van der Waals surface area contributed by atoms with Gasteiger partial charge in [-0.1, -0.05) is 29.8 Å². The average Bonchev–Trinajstić information content (AvgIpc) is 3.23. The van der Waals surface area contributed by atoms with Crippen molar-refractivity contribution in [3.05, 3.63) is 81.1 Å². The lowest BCUT2D eigenvalue weighted by Gasteiger charge is -2.05. The minimum absolute atomic E-state index is 0.150. The van der Waals surface area contributed by atoms with Crippen molar-refractivity contribution in [3.63, 3.8) is 0 Å². The molecule has 2 N–H and O–H groups in total. The van der Waals surface area contributed by atoms with E-state index >= 15 is 0 Å². The van der Waals surface area contributed by atoms with Gasteiger partial charge in [0, 0.05) is 26.1 Å². The van der Waals surface area contributed by atoms with Gasteiger partial charge in [-0.15, -0.1) is 0 Å². The predicted molar refractivity (Wildman–Crippen MR) is 112 cm³/mol. The molecule has 4 aromatic rings. The molecule has 2 heterocycles. The molecular formula is C21H14BrClN2O3. The Kier molecular flexibility index (Phi) is 4.61. The maximum Gasteiger partial charge on any atom is 0.298 e. The number of carbonyl (C=O) groups excluding carboxylic acids is 2. The standard InChI is InChI=1S/C21H14BrClN2O3/c1-11-19(20(24)26)14-4-2-3-5-16(14)25(11)21(27)18-9-8-17(28-18)13-7-6-12(23)10-15(13)22/h2-10H,1H3,(H2,24,26). The molecule has 140 valence electrons. The Hall–Kier alpha value is -2.83. The smallest absolute Gasteiger partial charge is 0.298 e. The number of nitrogens with two attached hydrogens (primary N) is 1. The number of amides is 1. The fraction of sp³-hybridized carbons (Fsp3) is 0.0476. The quantitative estimate of drug-likeness (QED) is 0.446. The molecule has 0 radical (unpaired) electrons. The van der Waals surface area contributed by atoms with E-state index in [2.05, 4.69) is 15.9 Å². The molecule has 0 saturated heterocycles. The lowest BCUT2D eigenvalue weighted by molar-refractivity contribution is 0.0936. The average molecular weight is 458 g/mol. The third kappa shape index (κ3) is 2.95. The van der Waals surface area contributed by atoms with Crippen molar-refractivity contribution in [2.24, 2.45) is 5.73 Å². The van der Waals surface area contributed by atoms with Crippen LogP contribution in [0.3, 0.4) is 0 Å². The maximum absolute atomic E-state index is 13.2. The summed E-state index contributed by atoms with van der Waals surface area (Å²) in [6.45, 7) is 1.69. The number of carbonyl (C=O) groups is 2. The van der Waals surface area contributed by atoms with Gasteiger partial charge in [-0.25, -0.2) is 0 Å². The van der Waals surface area contributed by atoms with Gasteiger partial charge < -0.3 is 10.2 Å². The van der Waals surface area contributed by atoms with Crippen LogP contribution in [0.1, 0.15) is 26.6 Å². The van der Waals surface area contributed by atoms with Gasteiger partial charge in [0.05, 0.1) is 11.1 Å². The Bertz CT molecular complexity index is 1260. The van der Waals surface area contributed by atoms with E-state index in [9.17, 15) is 9.59 Å². The van der Waals surface area contributed by atoms with Gasteiger partial charge in [0.25, 0.3) is 11.8 Å². The first kappa shape index (κ1) is 18.5. The van der Waals surface area contributed by atoms with Crippen LogP contribution >= 0.6 is 27.5 Å². The molecule has 0 aliphatic carbocycles. The minimum Gasteiger partial charge on any atom is -0.451 e. The van der Waals surface area contributed by atoms with Gasteiger partial charge in [0.1, 0.15) is 5.76 Å². The highest BCUT2D eigenvalue weighted by atomic mass is 79.9. The zero-order valence-corrected chi connectivity index (χ0v) is 17.0. The number of rotatable bonds is 3. The Balaban J connectivity index is 1.83. The topological polar surface area (TPSA) is 78.2 Å². The van der Waals surface area contributed by atoms with Gasteiger partial charge in [0.2, 0.25) is 0 Å². The first-order chi connectivity index (χ1) is 13.4. The number of para-hydroxylation sites is 1. The van der Waals surface area contributed by atoms with Gasteiger partial charge in [0.15, 0.2) is 5.76 Å². The van der Waals surface area contributed by atoms with Crippen LogP contribution in [0.5, 0.6) is 0 Å². The highest BCUT2D eigenvalue weighted by Crippen LogP contribution is 2.33. The lowest BCUT2D eigenvalue weighted by atomic mass is 10.1. The molecule has 5 nitrogen and oxygen atoms in total. The summed E-state index contributed by atoms with van der Waals surface area (Å²) in [6, 6.07) is 15.8. The van der Waals surface area contributed by atoms with Crippen LogP contribution in [-0.4, -0.2) is 16.4 Å². The third-order valence-corrected chi connectivity index (χ3v) is 5.47. The highest BCUT2D eigenvalue weighted by Gasteiger charge is 2.24. The molecule has 4 rings (SSSR count). The van der Waals surface area contributed by atoms with E-state index in [1.165, 1.54) is 4.57 Å². The van der Waals surface area contributed by atoms with E-state index in [1.54, 1.807) is 61.5 Å². The summed E-state index contributed by atoms with van der Waals surface area (Å²) in [5, 5.41) is 1.22. The van der Waals surface area contributed by atoms with Crippen molar-refractivity contribution in [2.45, 2.75) is 6.92 Å². The molecule has 7 heteroatoms. The van der Waals surface area contributed by atoms with Crippen molar-refractivity contribution in [1.29, 1.82) is 0 Å². The second kappa shape index (κ2) is 6.96. The SMILES string of the molecule is Cc1c(C(N)=O)c2ccccc2n1C(=O)c1ccc(-c2ccc(Cl)cc2Br)o1. The molecule has 0 bridgehead atoms. The summed E-state index contributed by atoms with van der Waals surface area (Å²) in [4.78, 5) is 25.1. The Morgan fingerprint density at radius 3 is 2.57 bits per heavy atom. The summed E-state index contributed by atoms with van der Waals surface area (Å²) in [7, 11) is 0. The second-order valence-electron chi connectivity index (χ2n) is 6.27. The highest BCUT2D eigenvalue weighted by molar-refractivity contribution is 9.10. The summed E-state index contributed by atoms with van der Waals surface area (Å²) >= 11 is 9.44. The van der Waals surface area contributed by atoms with Gasteiger partial charge in [-0.3, -0.25) is 14.2 Å². The van der Waals surface area contributed by atoms with Crippen LogP contribution in [0.2, 0.25) is 5.02 Å². The predicted octanol–water partition coefficient (Wildman–Crippen LogP) is 5.41. The summed E-state index contributed by atoms with van der Waals surface area (Å²) < 4.78 is 8.03. The Morgan fingerprint density at radius 1 is 1.11 bits per heavy atom. The molecule has 28 heavy (non-hydrogen) atoms. The maximum atomic E-state index is 13.2. The lowest BCUT2D eigenvalue weighted by Crippen LogP contribution is -2.16. The molecule has 0 aliphatic heterocycles. The van der Waals surface area contributed by atoms with Crippen LogP contribution in [0, 0.1) is 6.92 Å². The van der Waals surface area contributed by atoms with Gasteiger partial charge >= 0.3 is 0 Å². The number of nitrogens with zero attached hydrogens (tertiary/aromatic N) is 1. The molecule has 0 fully saturated rings. The molecule has 0 saturated carbocycles. The first-order valence-corrected chi connectivity index (χ1v) is 9.55. The van der Waals surface area contributed by atoms with E-state index in [-0.39, 0.29) is 11.7 Å². The van der Waals surface area contributed by atoms with Crippen molar-refractivity contribution in [3.8, 4) is 11.3 Å². The zero-order chi connectivity index (χ0) is 20.0. The number of furan rings is 1. The van der Waals surface area contributed by atoms with Crippen LogP contribution in [-0.2, 0) is 0 Å². The van der Waals surface area contributed by atoms with E-state index in [0.717, 1.165) is 10.0 Å². The molecule has 0 aliphatic rings. The summed E-state index contributed by atoms with van der Waals surface area (Å²) in [5.41, 5.74) is 7.72. The number of benzene rings is 2. The molecule has 2 aromatic carbocycles. The fourth-order valence-corrected chi connectivity index (χ4v) is 4.22. The third-order valence-electron chi connectivity index (χ3n) is 4.57. The normalized spacial score (nSPS) is 11.1. The van der Waals surface area contributed by atoms with E-state index in [4.69, 9.17) is 21.8 Å². The molecular weight excluding hydrogens is 444 g/mol. The van der Waals surface area contributed by atoms with Gasteiger partial charge in [-0.2, -0.15) is 0 Å². The van der Waals surface area contributed by atoms with E-state index in [1.807, 2.05) is 0 Å². The molecule has 0 atom stereocenters. The van der Waals surface area contributed by atoms with Crippen molar-refractivity contribution >= 4 is 50.2 Å². The molecule has 1 amide bonds. The summed E-state index contributed by atoms with van der Waals surface area (Å²) in [6.07, 6.45) is 0. The second-order valence-corrected chi connectivity index (χ2v) is 7.56. The van der Waals surface area contributed by atoms with E-state index in [0.29, 0.717) is 32.9 Å². The first-order valence-electron chi connectivity index (χ1n) is 8.38.